The smallest absolute Gasteiger partial charge is 0.253 e. The molecule has 1 amide bonds. The summed E-state index contributed by atoms with van der Waals surface area (Å²) in [5.74, 6) is 0.568. The van der Waals surface area contributed by atoms with Gasteiger partial charge in [-0.2, -0.15) is 0 Å². The number of carbonyl (C=O) groups is 1. The molecule has 1 atom stereocenters. The maximum absolute atomic E-state index is 13.3. The molecule has 1 unspecified atom stereocenters. The van der Waals surface area contributed by atoms with Gasteiger partial charge in [0.2, 0.25) is 0 Å². The number of amides is 1. The number of ether oxygens (including phenoxy) is 1. The summed E-state index contributed by atoms with van der Waals surface area (Å²) in [6, 6.07) is 15.0. The number of piperazine rings is 1. The molecule has 0 aliphatic carbocycles. The van der Waals surface area contributed by atoms with Gasteiger partial charge in [0.05, 0.1) is 17.2 Å². The Morgan fingerprint density at radius 3 is 2.41 bits per heavy atom. The first-order chi connectivity index (χ1) is 14.9. The molecule has 156 valence electrons. The van der Waals surface area contributed by atoms with E-state index in [0.717, 1.165) is 6.54 Å². The van der Waals surface area contributed by atoms with Crippen molar-refractivity contribution in [2.45, 2.75) is 52.1 Å². The van der Waals surface area contributed by atoms with Crippen LogP contribution in [0.25, 0.3) is 0 Å². The molecule has 29 heavy (non-hydrogen) atoms. The van der Waals surface area contributed by atoms with Gasteiger partial charge in [0.1, 0.15) is 5.75 Å². The number of hydrogen-bond donors (Lipinski definition) is 0. The van der Waals surface area contributed by atoms with Crippen LogP contribution in [0.5, 0.6) is 5.75 Å². The molecule has 1 fully saturated rings. The maximum Gasteiger partial charge on any atom is 0.253 e. The normalized spacial score (nSPS) is 20.1. The minimum atomic E-state index is -2.51. The third-order valence-corrected chi connectivity index (χ3v) is 5.73. The Kier molecular flexibility index (Phi) is 5.18. The molecule has 1 saturated heterocycles. The van der Waals surface area contributed by atoms with Crippen molar-refractivity contribution in [3.8, 4) is 5.75 Å². The van der Waals surface area contributed by atoms with Gasteiger partial charge in [-0.3, -0.25) is 9.69 Å². The largest absolute Gasteiger partial charge is 0.497 e. The zero-order valence-electron chi connectivity index (χ0n) is 21.1. The van der Waals surface area contributed by atoms with Gasteiger partial charge < -0.3 is 9.64 Å². The van der Waals surface area contributed by atoms with Crippen molar-refractivity contribution < 1.29 is 13.6 Å². The second-order valence-corrected chi connectivity index (χ2v) is 9.04. The fraction of sp³-hybridized carbons (Fsp3) is 0.480. The Hall–Kier alpha value is -2.33. The molecule has 4 heteroatoms. The Balaban J connectivity index is 1.86. The average molecular weight is 398 g/mol. The number of hydrogen-bond acceptors (Lipinski definition) is 3. The van der Waals surface area contributed by atoms with E-state index >= 15 is 0 Å². The zero-order valence-corrected chi connectivity index (χ0v) is 18.1. The van der Waals surface area contributed by atoms with Gasteiger partial charge in [0, 0.05) is 30.7 Å². The average Bonchev–Trinajstić information content (AvgIpc) is 2.71. The van der Waals surface area contributed by atoms with Gasteiger partial charge in [-0.15, -0.1) is 0 Å². The SMILES string of the molecule is [2H]C([2H])([2H])Oc1ccc(C(=O)N2CCN(C(C)(C)C)C(c3ccccc3C(C)C)C2)cc1. The monoisotopic (exact) mass is 397 g/mol. The van der Waals surface area contributed by atoms with Crippen molar-refractivity contribution in [2.75, 3.05) is 26.7 Å². The molecule has 1 aliphatic rings. The Morgan fingerprint density at radius 1 is 1.10 bits per heavy atom. The summed E-state index contributed by atoms with van der Waals surface area (Å²) in [7, 11) is -2.51. The van der Waals surface area contributed by atoms with Crippen LogP contribution in [-0.2, 0) is 0 Å². The first-order valence-corrected chi connectivity index (χ1v) is 10.3. The minimum Gasteiger partial charge on any atom is -0.497 e. The summed E-state index contributed by atoms with van der Waals surface area (Å²) in [5.41, 5.74) is 3.09. The molecule has 1 heterocycles. The lowest BCUT2D eigenvalue weighted by Crippen LogP contribution is -2.56. The summed E-state index contributed by atoms with van der Waals surface area (Å²) in [4.78, 5) is 17.7. The fourth-order valence-electron chi connectivity index (χ4n) is 4.22. The van der Waals surface area contributed by atoms with E-state index in [1.54, 1.807) is 12.1 Å². The predicted molar refractivity (Wildman–Crippen MR) is 119 cm³/mol. The lowest BCUT2D eigenvalue weighted by atomic mass is 9.88. The van der Waals surface area contributed by atoms with E-state index in [2.05, 4.69) is 63.8 Å². The van der Waals surface area contributed by atoms with Crippen LogP contribution >= 0.6 is 0 Å². The van der Waals surface area contributed by atoms with Crippen LogP contribution in [0.2, 0.25) is 0 Å². The summed E-state index contributed by atoms with van der Waals surface area (Å²) >= 11 is 0. The fourth-order valence-corrected chi connectivity index (χ4v) is 4.22. The van der Waals surface area contributed by atoms with Gasteiger partial charge in [-0.1, -0.05) is 38.1 Å². The number of carbonyl (C=O) groups excluding carboxylic acids is 1. The van der Waals surface area contributed by atoms with E-state index in [1.165, 1.54) is 23.3 Å². The molecular weight excluding hydrogens is 360 g/mol. The van der Waals surface area contributed by atoms with Crippen LogP contribution < -0.4 is 4.74 Å². The highest BCUT2D eigenvalue weighted by Crippen LogP contribution is 2.36. The van der Waals surface area contributed by atoms with Gasteiger partial charge >= 0.3 is 0 Å². The van der Waals surface area contributed by atoms with Crippen molar-refractivity contribution in [3.63, 3.8) is 0 Å². The first-order valence-electron chi connectivity index (χ1n) is 11.8. The van der Waals surface area contributed by atoms with Crippen molar-refractivity contribution in [3.05, 3.63) is 65.2 Å². The highest BCUT2D eigenvalue weighted by atomic mass is 16.5. The maximum atomic E-state index is 13.3. The zero-order chi connectivity index (χ0) is 23.7. The lowest BCUT2D eigenvalue weighted by molar-refractivity contribution is 0.00949. The molecule has 3 rings (SSSR count). The van der Waals surface area contributed by atoms with E-state index in [1.807, 2.05) is 4.90 Å². The van der Waals surface area contributed by atoms with E-state index in [-0.39, 0.29) is 23.2 Å². The number of methoxy groups -OCH3 is 1. The second-order valence-electron chi connectivity index (χ2n) is 9.04. The third-order valence-electron chi connectivity index (χ3n) is 5.73. The molecule has 0 aromatic heterocycles. The molecular formula is C25H34N2O2. The molecule has 0 N–H and O–H groups in total. The van der Waals surface area contributed by atoms with E-state index in [0.29, 0.717) is 24.6 Å². The van der Waals surface area contributed by atoms with Crippen molar-refractivity contribution >= 4 is 5.91 Å². The van der Waals surface area contributed by atoms with E-state index < -0.39 is 7.04 Å². The third kappa shape index (κ3) is 4.64. The molecule has 1 aliphatic heterocycles. The van der Waals surface area contributed by atoms with Gasteiger partial charge in [-0.05, 0) is 62.1 Å². The van der Waals surface area contributed by atoms with Crippen LogP contribution in [-0.4, -0.2) is 47.9 Å². The molecule has 0 bridgehead atoms. The topological polar surface area (TPSA) is 32.8 Å². The van der Waals surface area contributed by atoms with Crippen molar-refractivity contribution in [1.82, 2.24) is 9.80 Å². The molecule has 4 nitrogen and oxygen atoms in total. The first kappa shape index (κ1) is 17.5. The quantitative estimate of drug-likeness (QED) is 0.718. The van der Waals surface area contributed by atoms with Crippen LogP contribution in [0.3, 0.4) is 0 Å². The Morgan fingerprint density at radius 2 is 1.79 bits per heavy atom. The molecule has 0 spiro atoms. The summed E-state index contributed by atoms with van der Waals surface area (Å²) in [6.45, 7) is 13.1. The molecule has 0 saturated carbocycles. The summed E-state index contributed by atoms with van der Waals surface area (Å²) in [5, 5.41) is 0. The number of nitrogens with zero attached hydrogens (tertiary/aromatic N) is 2. The van der Waals surface area contributed by atoms with Crippen molar-refractivity contribution in [2.24, 2.45) is 0 Å². The highest BCUT2D eigenvalue weighted by Gasteiger charge is 2.37. The van der Waals surface area contributed by atoms with Crippen molar-refractivity contribution in [1.29, 1.82) is 0 Å². The van der Waals surface area contributed by atoms with E-state index in [9.17, 15) is 4.79 Å². The number of benzene rings is 2. The van der Waals surface area contributed by atoms with Crippen LogP contribution in [0, 0.1) is 0 Å². The van der Waals surface area contributed by atoms with Crippen LogP contribution in [0.15, 0.2) is 48.5 Å². The van der Waals surface area contributed by atoms with Crippen LogP contribution in [0.4, 0.5) is 0 Å². The van der Waals surface area contributed by atoms with Crippen LogP contribution in [0.1, 0.15) is 72.2 Å². The Bertz CT molecular complexity index is 933. The highest BCUT2D eigenvalue weighted by molar-refractivity contribution is 5.94. The van der Waals surface area contributed by atoms with Gasteiger partial charge in [0.15, 0.2) is 0 Å². The van der Waals surface area contributed by atoms with Gasteiger partial charge in [-0.25, -0.2) is 0 Å². The van der Waals surface area contributed by atoms with Gasteiger partial charge in [0.25, 0.3) is 5.91 Å². The molecule has 0 radical (unpaired) electrons. The predicted octanol–water partition coefficient (Wildman–Crippen LogP) is 5.12. The second kappa shape index (κ2) is 8.58. The summed E-state index contributed by atoms with van der Waals surface area (Å²) in [6.07, 6.45) is 0. The minimum absolute atomic E-state index is 0.0296. The summed E-state index contributed by atoms with van der Waals surface area (Å²) < 4.78 is 26.6. The molecule has 2 aromatic carbocycles. The standard InChI is InChI=1S/C25H34N2O2/c1-18(2)21-9-7-8-10-22(21)23-17-26(15-16-27(23)25(3,4)5)24(28)19-11-13-20(29-6)14-12-19/h7-14,18,23H,15-17H2,1-6H3/i6D3. The van der Waals surface area contributed by atoms with E-state index in [4.69, 9.17) is 8.85 Å². The lowest BCUT2D eigenvalue weighted by Gasteiger charge is -2.48. The number of rotatable bonds is 4. The Labute approximate surface area is 179 Å². The molecule has 2 aromatic rings.